The molecule has 3 rings (SSSR count). The third kappa shape index (κ3) is 6.49. The number of aliphatic hydroxyl groups is 1. The van der Waals surface area contributed by atoms with Crippen LogP contribution in [0, 0.1) is 11.6 Å². The number of rotatable bonds is 6. The lowest BCUT2D eigenvalue weighted by molar-refractivity contribution is 0.187. The number of benzene rings is 1. The van der Waals surface area contributed by atoms with Gasteiger partial charge in [0.25, 0.3) is 0 Å². The standard InChI is InChI=1S/C20H25F2N5O.HI/c1-2-23-20(25-12-18(28)14-5-7-15(21)8-6-14)26-16-9-11-27(13-16)19-17(22)4-3-10-24-19;/h3-8,10,16,18,28H,2,9,11-13H2,1H3,(H2,23,25,26);1H. The van der Waals surface area contributed by atoms with Crippen LogP contribution in [0.4, 0.5) is 14.6 Å². The molecule has 2 aromatic rings. The molecule has 2 unspecified atom stereocenters. The number of aliphatic imine (C=N–C) groups is 1. The summed E-state index contributed by atoms with van der Waals surface area (Å²) in [7, 11) is 0. The van der Waals surface area contributed by atoms with E-state index in [0.29, 0.717) is 37.0 Å². The van der Waals surface area contributed by atoms with Crippen molar-refractivity contribution in [2.75, 3.05) is 31.1 Å². The molecule has 0 radical (unpaired) electrons. The van der Waals surface area contributed by atoms with Crippen molar-refractivity contribution in [2.24, 2.45) is 4.99 Å². The van der Waals surface area contributed by atoms with E-state index in [1.165, 1.54) is 18.2 Å². The van der Waals surface area contributed by atoms with Gasteiger partial charge in [-0.3, -0.25) is 4.99 Å². The zero-order chi connectivity index (χ0) is 19.9. The first-order valence-corrected chi connectivity index (χ1v) is 9.40. The van der Waals surface area contributed by atoms with E-state index in [-0.39, 0.29) is 48.2 Å². The number of aromatic nitrogens is 1. The molecule has 0 amide bonds. The monoisotopic (exact) mass is 517 g/mol. The maximum atomic E-state index is 13.9. The third-order valence-corrected chi connectivity index (χ3v) is 4.59. The van der Waals surface area contributed by atoms with Crippen molar-refractivity contribution < 1.29 is 13.9 Å². The number of hydrogen-bond acceptors (Lipinski definition) is 4. The first kappa shape index (κ1) is 23.3. The Labute approximate surface area is 186 Å². The van der Waals surface area contributed by atoms with Crippen molar-refractivity contribution in [1.82, 2.24) is 15.6 Å². The largest absolute Gasteiger partial charge is 0.386 e. The molecule has 3 N–H and O–H groups in total. The number of aliphatic hydroxyl groups excluding tert-OH is 1. The van der Waals surface area contributed by atoms with Crippen LogP contribution >= 0.6 is 24.0 Å². The molecule has 0 saturated carbocycles. The van der Waals surface area contributed by atoms with Crippen LogP contribution in [0.2, 0.25) is 0 Å². The van der Waals surface area contributed by atoms with E-state index in [1.807, 2.05) is 11.8 Å². The maximum absolute atomic E-state index is 13.9. The van der Waals surface area contributed by atoms with Crippen molar-refractivity contribution >= 4 is 35.8 Å². The van der Waals surface area contributed by atoms with Gasteiger partial charge in [0.2, 0.25) is 0 Å². The van der Waals surface area contributed by atoms with Crippen molar-refractivity contribution in [3.8, 4) is 0 Å². The van der Waals surface area contributed by atoms with Crippen LogP contribution in [0.25, 0.3) is 0 Å². The molecule has 0 spiro atoms. The van der Waals surface area contributed by atoms with Crippen LogP contribution in [0.1, 0.15) is 25.0 Å². The van der Waals surface area contributed by atoms with Gasteiger partial charge in [-0.05, 0) is 43.2 Å². The average molecular weight is 517 g/mol. The maximum Gasteiger partial charge on any atom is 0.191 e. The summed E-state index contributed by atoms with van der Waals surface area (Å²) in [6, 6.07) is 8.80. The summed E-state index contributed by atoms with van der Waals surface area (Å²) in [5.74, 6) is 0.271. The molecular formula is C20H26F2IN5O. The molecular weight excluding hydrogens is 491 g/mol. The molecule has 1 aromatic carbocycles. The average Bonchev–Trinajstić information content (AvgIpc) is 3.15. The van der Waals surface area contributed by atoms with Gasteiger partial charge in [0.15, 0.2) is 17.6 Å². The summed E-state index contributed by atoms with van der Waals surface area (Å²) >= 11 is 0. The van der Waals surface area contributed by atoms with Gasteiger partial charge >= 0.3 is 0 Å². The van der Waals surface area contributed by atoms with Gasteiger partial charge in [0.1, 0.15) is 5.82 Å². The highest BCUT2D eigenvalue weighted by atomic mass is 127. The van der Waals surface area contributed by atoms with E-state index in [2.05, 4.69) is 20.6 Å². The molecule has 2 atom stereocenters. The highest BCUT2D eigenvalue weighted by molar-refractivity contribution is 14.0. The van der Waals surface area contributed by atoms with Crippen molar-refractivity contribution in [1.29, 1.82) is 0 Å². The summed E-state index contributed by atoms with van der Waals surface area (Å²) in [5, 5.41) is 16.7. The first-order valence-electron chi connectivity index (χ1n) is 9.40. The minimum Gasteiger partial charge on any atom is -0.386 e. The van der Waals surface area contributed by atoms with Gasteiger partial charge < -0.3 is 20.6 Å². The van der Waals surface area contributed by atoms with Gasteiger partial charge in [-0.1, -0.05) is 12.1 Å². The SMILES string of the molecule is CCNC(=NCC(O)c1ccc(F)cc1)NC1CCN(c2ncccc2F)C1.I. The number of nitrogens with one attached hydrogen (secondary N) is 2. The quantitative estimate of drug-likeness (QED) is 0.313. The minimum absolute atomic E-state index is 0. The van der Waals surface area contributed by atoms with Crippen LogP contribution in [-0.4, -0.2) is 48.3 Å². The second kappa shape index (κ2) is 11.2. The lowest BCUT2D eigenvalue weighted by Crippen LogP contribution is -2.45. The molecule has 2 heterocycles. The van der Waals surface area contributed by atoms with Crippen LogP contribution in [0.15, 0.2) is 47.6 Å². The fourth-order valence-corrected chi connectivity index (χ4v) is 3.16. The Morgan fingerprint density at radius 3 is 2.76 bits per heavy atom. The summed E-state index contributed by atoms with van der Waals surface area (Å²) in [5.41, 5.74) is 0.610. The summed E-state index contributed by atoms with van der Waals surface area (Å²) < 4.78 is 26.9. The normalized spacial score (nSPS) is 17.6. The molecule has 1 aliphatic heterocycles. The summed E-state index contributed by atoms with van der Waals surface area (Å²) in [6.45, 7) is 4.08. The first-order chi connectivity index (χ1) is 13.6. The lowest BCUT2D eigenvalue weighted by Gasteiger charge is -2.20. The van der Waals surface area contributed by atoms with Gasteiger partial charge in [-0.2, -0.15) is 0 Å². The van der Waals surface area contributed by atoms with Gasteiger partial charge in [-0.15, -0.1) is 24.0 Å². The van der Waals surface area contributed by atoms with Gasteiger partial charge in [-0.25, -0.2) is 13.8 Å². The van der Waals surface area contributed by atoms with E-state index < -0.39 is 6.10 Å². The Bertz CT molecular complexity index is 806. The third-order valence-electron chi connectivity index (χ3n) is 4.59. The molecule has 0 aliphatic carbocycles. The van der Waals surface area contributed by atoms with E-state index in [1.54, 1.807) is 24.4 Å². The van der Waals surface area contributed by atoms with Crippen LogP contribution in [0.5, 0.6) is 0 Å². The smallest absolute Gasteiger partial charge is 0.191 e. The predicted molar refractivity (Wildman–Crippen MR) is 121 cm³/mol. The number of halogens is 3. The second-order valence-electron chi connectivity index (χ2n) is 6.67. The lowest BCUT2D eigenvalue weighted by atomic mass is 10.1. The molecule has 158 valence electrons. The molecule has 0 bridgehead atoms. The number of guanidine groups is 1. The van der Waals surface area contributed by atoms with Crippen molar-refractivity contribution in [3.05, 3.63) is 59.8 Å². The number of nitrogens with zero attached hydrogens (tertiary/aromatic N) is 3. The minimum atomic E-state index is -0.821. The topological polar surface area (TPSA) is 72.8 Å². The Hall–Kier alpha value is -2.01. The molecule has 6 nitrogen and oxygen atoms in total. The molecule has 29 heavy (non-hydrogen) atoms. The predicted octanol–water partition coefficient (Wildman–Crippen LogP) is 2.85. The van der Waals surface area contributed by atoms with Crippen molar-refractivity contribution in [3.63, 3.8) is 0 Å². The molecule has 9 heteroatoms. The van der Waals surface area contributed by atoms with Crippen LogP contribution < -0.4 is 15.5 Å². The Kier molecular flexibility index (Phi) is 9.02. The zero-order valence-electron chi connectivity index (χ0n) is 16.2. The fourth-order valence-electron chi connectivity index (χ4n) is 3.16. The van der Waals surface area contributed by atoms with Crippen LogP contribution in [0.3, 0.4) is 0 Å². The Morgan fingerprint density at radius 1 is 1.31 bits per heavy atom. The number of hydrogen-bond donors (Lipinski definition) is 3. The van der Waals surface area contributed by atoms with Gasteiger partial charge in [0.05, 0.1) is 12.6 Å². The van der Waals surface area contributed by atoms with Gasteiger partial charge in [0, 0.05) is 31.9 Å². The highest BCUT2D eigenvalue weighted by Gasteiger charge is 2.26. The van der Waals surface area contributed by atoms with Crippen LogP contribution in [-0.2, 0) is 0 Å². The summed E-state index contributed by atoms with van der Waals surface area (Å²) in [4.78, 5) is 10.5. The Morgan fingerprint density at radius 2 is 2.07 bits per heavy atom. The van der Waals surface area contributed by atoms with E-state index in [4.69, 9.17) is 0 Å². The Balaban J connectivity index is 0.00000300. The number of pyridine rings is 1. The van der Waals surface area contributed by atoms with E-state index in [9.17, 15) is 13.9 Å². The molecule has 1 fully saturated rings. The van der Waals surface area contributed by atoms with E-state index >= 15 is 0 Å². The molecule has 1 aromatic heterocycles. The number of anilines is 1. The fraction of sp³-hybridized carbons (Fsp3) is 0.400. The second-order valence-corrected chi connectivity index (χ2v) is 6.67. The molecule has 1 aliphatic rings. The highest BCUT2D eigenvalue weighted by Crippen LogP contribution is 2.20. The molecule has 1 saturated heterocycles. The van der Waals surface area contributed by atoms with E-state index in [0.717, 1.165) is 6.42 Å². The van der Waals surface area contributed by atoms with Crippen molar-refractivity contribution in [2.45, 2.75) is 25.5 Å². The zero-order valence-corrected chi connectivity index (χ0v) is 18.5. The summed E-state index contributed by atoms with van der Waals surface area (Å²) in [6.07, 6.45) is 1.58.